The van der Waals surface area contributed by atoms with Crippen molar-refractivity contribution in [1.29, 1.82) is 0 Å². The van der Waals surface area contributed by atoms with E-state index in [4.69, 9.17) is 0 Å². The molecule has 3 saturated carbocycles. The van der Waals surface area contributed by atoms with Crippen molar-refractivity contribution in [1.82, 2.24) is 0 Å². The van der Waals surface area contributed by atoms with Crippen LogP contribution in [0.5, 0.6) is 0 Å². The van der Waals surface area contributed by atoms with Gasteiger partial charge >= 0.3 is 0 Å². The maximum absolute atomic E-state index is 11.8. The minimum Gasteiger partial charge on any atom is -0.299 e. The second-order valence-electron chi connectivity index (χ2n) is 5.85. The quantitative estimate of drug-likeness (QED) is 0.675. The van der Waals surface area contributed by atoms with Crippen molar-refractivity contribution in [2.45, 2.75) is 51.4 Å². The zero-order chi connectivity index (χ0) is 10.3. The van der Waals surface area contributed by atoms with Gasteiger partial charge in [-0.2, -0.15) is 0 Å². The highest BCUT2D eigenvalue weighted by molar-refractivity contribution is 5.82. The molecule has 0 heterocycles. The van der Waals surface area contributed by atoms with Crippen LogP contribution in [-0.2, 0) is 4.79 Å². The van der Waals surface area contributed by atoms with Crippen LogP contribution in [0.3, 0.4) is 0 Å². The average molecular weight is 205 g/mol. The van der Waals surface area contributed by atoms with Crippen molar-refractivity contribution in [2.75, 3.05) is 0 Å². The Morgan fingerprint density at radius 1 is 1.07 bits per heavy atom. The van der Waals surface area contributed by atoms with E-state index in [1.807, 2.05) is 0 Å². The molecule has 0 aliphatic heterocycles. The fraction of sp³-hybridized carbons (Fsp3) is 0.857. The lowest BCUT2D eigenvalue weighted by Crippen LogP contribution is -2.24. The zero-order valence-corrected chi connectivity index (χ0v) is 9.45. The van der Waals surface area contributed by atoms with Crippen molar-refractivity contribution >= 4 is 5.78 Å². The van der Waals surface area contributed by atoms with Crippen LogP contribution >= 0.6 is 0 Å². The van der Waals surface area contributed by atoms with Crippen molar-refractivity contribution in [3.63, 3.8) is 0 Å². The molecule has 0 amide bonds. The lowest BCUT2D eigenvalue weighted by Gasteiger charge is -2.27. The van der Waals surface area contributed by atoms with Crippen molar-refractivity contribution in [2.24, 2.45) is 23.7 Å². The summed E-state index contributed by atoms with van der Waals surface area (Å²) in [7, 11) is 0. The van der Waals surface area contributed by atoms with Crippen LogP contribution in [0.4, 0.5) is 0 Å². The first-order chi connectivity index (χ1) is 7.33. The van der Waals surface area contributed by atoms with Gasteiger partial charge in [-0.25, -0.2) is 0 Å². The second kappa shape index (κ2) is 3.92. The van der Waals surface area contributed by atoms with Crippen LogP contribution < -0.4 is 0 Å². The molecular formula is C14H21O. The third-order valence-electron chi connectivity index (χ3n) is 4.87. The van der Waals surface area contributed by atoms with Crippen LogP contribution in [0.1, 0.15) is 51.4 Å². The molecule has 3 rings (SSSR count). The largest absolute Gasteiger partial charge is 0.299 e. The summed E-state index contributed by atoms with van der Waals surface area (Å²) in [6, 6.07) is 0. The first kappa shape index (κ1) is 9.86. The van der Waals surface area contributed by atoms with Crippen LogP contribution in [0.2, 0.25) is 0 Å². The van der Waals surface area contributed by atoms with Gasteiger partial charge in [-0.1, -0.05) is 12.8 Å². The van der Waals surface area contributed by atoms with E-state index in [1.54, 1.807) is 0 Å². The monoisotopic (exact) mass is 205 g/mol. The number of ketones is 1. The Bertz CT molecular complexity index is 258. The molecule has 4 unspecified atom stereocenters. The highest BCUT2D eigenvalue weighted by Gasteiger charge is 2.41. The third-order valence-corrected chi connectivity index (χ3v) is 4.87. The van der Waals surface area contributed by atoms with Crippen LogP contribution in [0.15, 0.2) is 0 Å². The molecule has 3 aliphatic carbocycles. The van der Waals surface area contributed by atoms with E-state index in [-0.39, 0.29) is 0 Å². The molecule has 0 aromatic rings. The van der Waals surface area contributed by atoms with Gasteiger partial charge in [-0.15, -0.1) is 0 Å². The minimum atomic E-state index is 0.336. The number of hydrogen-bond donors (Lipinski definition) is 0. The molecule has 1 radical (unpaired) electrons. The number of rotatable bonds is 2. The molecule has 4 atom stereocenters. The van der Waals surface area contributed by atoms with Crippen LogP contribution in [0.25, 0.3) is 0 Å². The van der Waals surface area contributed by atoms with Gasteiger partial charge in [0.1, 0.15) is 5.78 Å². The summed E-state index contributed by atoms with van der Waals surface area (Å²) >= 11 is 0. The summed E-state index contributed by atoms with van der Waals surface area (Å²) in [5.41, 5.74) is 0. The number of carbonyl (C=O) groups is 1. The van der Waals surface area contributed by atoms with Crippen molar-refractivity contribution in [3.05, 3.63) is 6.42 Å². The van der Waals surface area contributed by atoms with Crippen molar-refractivity contribution in [3.8, 4) is 0 Å². The zero-order valence-electron chi connectivity index (χ0n) is 9.45. The van der Waals surface area contributed by atoms with Gasteiger partial charge in [0.25, 0.3) is 0 Å². The van der Waals surface area contributed by atoms with Gasteiger partial charge in [0.15, 0.2) is 0 Å². The molecule has 15 heavy (non-hydrogen) atoms. The van der Waals surface area contributed by atoms with Crippen LogP contribution in [0, 0.1) is 30.1 Å². The topological polar surface area (TPSA) is 17.1 Å². The fourth-order valence-electron chi connectivity index (χ4n) is 4.04. The lowest BCUT2D eigenvalue weighted by molar-refractivity contribution is -0.123. The van der Waals surface area contributed by atoms with E-state index in [9.17, 15) is 4.79 Å². The molecule has 0 spiro atoms. The summed E-state index contributed by atoms with van der Waals surface area (Å²) in [4.78, 5) is 11.8. The summed E-state index contributed by atoms with van der Waals surface area (Å²) < 4.78 is 0. The predicted octanol–water partition coefficient (Wildman–Crippen LogP) is 3.39. The van der Waals surface area contributed by atoms with Gasteiger partial charge in [-0.05, 0) is 56.3 Å². The SMILES string of the molecule is O=C1CCCCC1[CH]C1CC2CCC1C2. The first-order valence-corrected chi connectivity index (χ1v) is 6.70. The molecule has 0 aromatic heterocycles. The predicted molar refractivity (Wildman–Crippen MR) is 60.2 cm³/mol. The Kier molecular flexibility index (Phi) is 2.58. The molecule has 1 heteroatoms. The number of Topliss-reactive ketones (excluding diaryl/α,β-unsaturated/α-hetero) is 1. The average Bonchev–Trinajstić information content (AvgIpc) is 2.83. The molecule has 1 nitrogen and oxygen atoms in total. The molecule has 3 fully saturated rings. The van der Waals surface area contributed by atoms with E-state index in [2.05, 4.69) is 6.42 Å². The van der Waals surface area contributed by atoms with Crippen LogP contribution in [-0.4, -0.2) is 5.78 Å². The maximum atomic E-state index is 11.8. The minimum absolute atomic E-state index is 0.336. The highest BCUT2D eigenvalue weighted by Crippen LogP contribution is 2.50. The van der Waals surface area contributed by atoms with Gasteiger partial charge in [0.05, 0.1) is 0 Å². The normalized spacial score (nSPS) is 44.9. The summed E-state index contributed by atoms with van der Waals surface area (Å²) in [6.07, 6.45) is 12.6. The lowest BCUT2D eigenvalue weighted by atomic mass is 9.77. The van der Waals surface area contributed by atoms with E-state index in [1.165, 1.54) is 32.1 Å². The standard InChI is InChI=1S/C14H21O/c15-14-4-2-1-3-12(14)9-13-8-10-5-6-11(13)7-10/h9-13H,1-8H2. The maximum Gasteiger partial charge on any atom is 0.136 e. The number of carbonyl (C=O) groups excluding carboxylic acids is 1. The van der Waals surface area contributed by atoms with Gasteiger partial charge in [0.2, 0.25) is 0 Å². The third kappa shape index (κ3) is 1.86. The molecule has 2 bridgehead atoms. The van der Waals surface area contributed by atoms with E-state index in [0.717, 1.165) is 37.0 Å². The molecule has 3 aliphatic rings. The Morgan fingerprint density at radius 2 is 2.00 bits per heavy atom. The van der Waals surface area contributed by atoms with E-state index >= 15 is 0 Å². The summed E-state index contributed by atoms with van der Waals surface area (Å²) in [5, 5.41) is 0. The smallest absolute Gasteiger partial charge is 0.136 e. The summed E-state index contributed by atoms with van der Waals surface area (Å²) in [6.45, 7) is 0. The van der Waals surface area contributed by atoms with E-state index < -0.39 is 0 Å². The number of hydrogen-bond acceptors (Lipinski definition) is 1. The number of fused-ring (bicyclic) bond motifs is 2. The Balaban J connectivity index is 1.58. The Labute approximate surface area is 92.6 Å². The summed E-state index contributed by atoms with van der Waals surface area (Å²) in [5.74, 6) is 3.63. The van der Waals surface area contributed by atoms with Gasteiger partial charge in [-0.3, -0.25) is 4.79 Å². The van der Waals surface area contributed by atoms with E-state index in [0.29, 0.717) is 11.7 Å². The molecular weight excluding hydrogens is 184 g/mol. The van der Waals surface area contributed by atoms with Gasteiger partial charge in [0, 0.05) is 12.3 Å². The fourth-order valence-corrected chi connectivity index (χ4v) is 4.04. The molecule has 83 valence electrons. The van der Waals surface area contributed by atoms with Gasteiger partial charge < -0.3 is 0 Å². The first-order valence-electron chi connectivity index (χ1n) is 6.70. The second-order valence-corrected chi connectivity index (χ2v) is 5.85. The highest BCUT2D eigenvalue weighted by atomic mass is 16.1. The molecule has 0 N–H and O–H groups in total. The Morgan fingerprint density at radius 3 is 2.67 bits per heavy atom. The molecule has 0 aromatic carbocycles. The van der Waals surface area contributed by atoms with Crippen molar-refractivity contribution < 1.29 is 4.79 Å². The molecule has 0 saturated heterocycles. The Hall–Kier alpha value is -0.330.